The van der Waals surface area contributed by atoms with Gasteiger partial charge in [-0.1, -0.05) is 6.92 Å². The summed E-state index contributed by atoms with van der Waals surface area (Å²) in [5.74, 6) is -0.657. The van der Waals surface area contributed by atoms with E-state index in [1.807, 2.05) is 13.8 Å². The summed E-state index contributed by atoms with van der Waals surface area (Å²) in [5.41, 5.74) is 0.711. The first kappa shape index (κ1) is 16.9. The monoisotopic (exact) mass is 336 g/mol. The van der Waals surface area contributed by atoms with Crippen LogP contribution in [0.4, 0.5) is 20.0 Å². The Kier molecular flexibility index (Phi) is 5.64. The van der Waals surface area contributed by atoms with E-state index in [2.05, 4.69) is 20.9 Å². The molecule has 0 fully saturated rings. The molecule has 0 aliphatic rings. The summed E-state index contributed by atoms with van der Waals surface area (Å²) < 4.78 is 12.8. The Balaban J connectivity index is 1.92. The normalized spacial score (nSPS) is 11.6. The van der Waals surface area contributed by atoms with Crippen LogP contribution in [0, 0.1) is 5.82 Å². The van der Waals surface area contributed by atoms with Crippen molar-refractivity contribution in [2.24, 2.45) is 0 Å². The number of nitrogens with zero attached hydrogens (tertiary/aromatic N) is 1. The topological polar surface area (TPSA) is 83.1 Å². The number of amides is 3. The van der Waals surface area contributed by atoms with E-state index in [1.165, 1.54) is 24.3 Å². The van der Waals surface area contributed by atoms with Crippen LogP contribution in [0.25, 0.3) is 0 Å². The van der Waals surface area contributed by atoms with Gasteiger partial charge >= 0.3 is 6.03 Å². The Morgan fingerprint density at radius 3 is 2.61 bits per heavy atom. The van der Waals surface area contributed by atoms with E-state index in [9.17, 15) is 14.0 Å². The summed E-state index contributed by atoms with van der Waals surface area (Å²) in [6.07, 6.45) is 0.820. The van der Waals surface area contributed by atoms with Crippen molar-refractivity contribution in [3.8, 4) is 0 Å². The van der Waals surface area contributed by atoms with Crippen LogP contribution in [0.3, 0.4) is 0 Å². The first-order valence-corrected chi connectivity index (χ1v) is 7.96. The molecule has 1 aromatic heterocycles. The Morgan fingerprint density at radius 2 is 1.96 bits per heavy atom. The number of urea groups is 1. The fraction of sp³-hybridized carbons (Fsp3) is 0.267. The molecule has 0 saturated carbocycles. The molecule has 2 rings (SSSR count). The van der Waals surface area contributed by atoms with Crippen molar-refractivity contribution in [1.82, 2.24) is 10.3 Å². The van der Waals surface area contributed by atoms with Crippen LogP contribution in [-0.4, -0.2) is 23.0 Å². The van der Waals surface area contributed by atoms with E-state index in [-0.39, 0.29) is 23.5 Å². The molecule has 3 N–H and O–H groups in total. The molecular formula is C15H17FN4O2S. The SMILES string of the molecule is CCC(C)NC(=O)c1csc(NC(=O)Nc2ccc(F)cc2)n1. The molecule has 6 nitrogen and oxygen atoms in total. The van der Waals surface area contributed by atoms with Crippen molar-refractivity contribution in [2.45, 2.75) is 26.3 Å². The highest BCUT2D eigenvalue weighted by molar-refractivity contribution is 7.14. The van der Waals surface area contributed by atoms with E-state index in [1.54, 1.807) is 5.38 Å². The van der Waals surface area contributed by atoms with Crippen molar-refractivity contribution < 1.29 is 14.0 Å². The minimum absolute atomic E-state index is 0.0578. The van der Waals surface area contributed by atoms with Crippen molar-refractivity contribution in [1.29, 1.82) is 0 Å². The number of anilines is 2. The Hall–Kier alpha value is -2.48. The number of carbonyl (C=O) groups excluding carboxylic acids is 2. The van der Waals surface area contributed by atoms with Gasteiger partial charge in [0.05, 0.1) is 0 Å². The second-order valence-electron chi connectivity index (χ2n) is 4.91. The van der Waals surface area contributed by atoms with Gasteiger partial charge < -0.3 is 10.6 Å². The molecule has 0 radical (unpaired) electrons. The van der Waals surface area contributed by atoms with Crippen LogP contribution >= 0.6 is 11.3 Å². The van der Waals surface area contributed by atoms with Gasteiger partial charge in [-0.2, -0.15) is 0 Å². The zero-order valence-electron chi connectivity index (χ0n) is 12.7. The first-order chi connectivity index (χ1) is 11.0. The van der Waals surface area contributed by atoms with Crippen LogP contribution in [0.2, 0.25) is 0 Å². The Bertz CT molecular complexity index is 687. The van der Waals surface area contributed by atoms with Gasteiger partial charge in [0.2, 0.25) is 0 Å². The van der Waals surface area contributed by atoms with Gasteiger partial charge in [-0.3, -0.25) is 10.1 Å². The fourth-order valence-electron chi connectivity index (χ4n) is 1.63. The summed E-state index contributed by atoms with van der Waals surface area (Å²) >= 11 is 1.15. The molecule has 0 aliphatic carbocycles. The van der Waals surface area contributed by atoms with Crippen LogP contribution < -0.4 is 16.0 Å². The number of hydrogen-bond acceptors (Lipinski definition) is 4. The molecule has 1 atom stereocenters. The summed E-state index contributed by atoms with van der Waals surface area (Å²) in [6.45, 7) is 3.87. The minimum atomic E-state index is -0.514. The number of carbonyl (C=O) groups is 2. The van der Waals surface area contributed by atoms with Gasteiger partial charge in [0.1, 0.15) is 11.5 Å². The van der Waals surface area contributed by atoms with Gasteiger partial charge in [-0.15, -0.1) is 11.3 Å². The summed E-state index contributed by atoms with van der Waals surface area (Å²) in [7, 11) is 0. The number of thiazole rings is 1. The molecule has 1 aromatic carbocycles. The predicted molar refractivity (Wildman–Crippen MR) is 88.4 cm³/mol. The third-order valence-electron chi connectivity index (χ3n) is 3.05. The lowest BCUT2D eigenvalue weighted by atomic mass is 10.2. The zero-order chi connectivity index (χ0) is 16.8. The quantitative estimate of drug-likeness (QED) is 0.782. The van der Waals surface area contributed by atoms with Crippen molar-refractivity contribution in [3.63, 3.8) is 0 Å². The fourth-order valence-corrected chi connectivity index (χ4v) is 2.31. The van der Waals surface area contributed by atoms with Crippen LogP contribution in [0.5, 0.6) is 0 Å². The van der Waals surface area contributed by atoms with Crippen LogP contribution in [-0.2, 0) is 0 Å². The largest absolute Gasteiger partial charge is 0.348 e. The summed E-state index contributed by atoms with van der Waals surface area (Å²) in [4.78, 5) is 27.8. The highest BCUT2D eigenvalue weighted by atomic mass is 32.1. The van der Waals surface area contributed by atoms with Gasteiger partial charge in [-0.25, -0.2) is 14.2 Å². The van der Waals surface area contributed by atoms with Gasteiger partial charge in [-0.05, 0) is 37.6 Å². The van der Waals surface area contributed by atoms with Crippen LogP contribution in [0.15, 0.2) is 29.6 Å². The number of nitrogens with one attached hydrogen (secondary N) is 3. The number of halogens is 1. The molecule has 1 heterocycles. The molecule has 3 amide bonds. The molecule has 8 heteroatoms. The molecule has 0 spiro atoms. The van der Waals surface area contributed by atoms with Crippen LogP contribution in [0.1, 0.15) is 30.8 Å². The van der Waals surface area contributed by atoms with Gasteiger partial charge in [0, 0.05) is 17.1 Å². The lowest BCUT2D eigenvalue weighted by Crippen LogP contribution is -2.32. The average Bonchev–Trinajstić information content (AvgIpc) is 2.98. The molecular weight excluding hydrogens is 319 g/mol. The van der Waals surface area contributed by atoms with E-state index < -0.39 is 6.03 Å². The van der Waals surface area contributed by atoms with Gasteiger partial charge in [0.25, 0.3) is 5.91 Å². The Morgan fingerprint density at radius 1 is 1.26 bits per heavy atom. The summed E-state index contributed by atoms with van der Waals surface area (Å²) in [5, 5.41) is 9.76. The second kappa shape index (κ2) is 7.68. The molecule has 23 heavy (non-hydrogen) atoms. The third kappa shape index (κ3) is 5.03. The lowest BCUT2D eigenvalue weighted by molar-refractivity contribution is 0.0935. The maximum atomic E-state index is 12.8. The molecule has 0 bridgehead atoms. The van der Waals surface area contributed by atoms with E-state index in [0.717, 1.165) is 17.8 Å². The highest BCUT2D eigenvalue weighted by Gasteiger charge is 2.14. The highest BCUT2D eigenvalue weighted by Crippen LogP contribution is 2.16. The lowest BCUT2D eigenvalue weighted by Gasteiger charge is -2.09. The van der Waals surface area contributed by atoms with Crippen molar-refractivity contribution in [3.05, 3.63) is 41.2 Å². The number of hydrogen-bond donors (Lipinski definition) is 3. The third-order valence-corrected chi connectivity index (χ3v) is 3.81. The first-order valence-electron chi connectivity index (χ1n) is 7.08. The maximum Gasteiger partial charge on any atom is 0.325 e. The molecule has 0 aliphatic heterocycles. The minimum Gasteiger partial charge on any atom is -0.348 e. The van der Waals surface area contributed by atoms with E-state index >= 15 is 0 Å². The predicted octanol–water partition coefficient (Wildman–Crippen LogP) is 3.45. The van der Waals surface area contributed by atoms with Crippen molar-refractivity contribution in [2.75, 3.05) is 10.6 Å². The van der Waals surface area contributed by atoms with E-state index in [0.29, 0.717) is 10.8 Å². The standard InChI is InChI=1S/C15H17FN4O2S/c1-3-9(2)17-13(21)12-8-23-15(19-12)20-14(22)18-11-6-4-10(16)5-7-11/h4-9H,3H2,1-2H3,(H,17,21)(H2,18,19,20,22). The zero-order valence-corrected chi connectivity index (χ0v) is 13.5. The number of benzene rings is 1. The molecule has 122 valence electrons. The number of rotatable bonds is 5. The molecule has 0 saturated heterocycles. The van der Waals surface area contributed by atoms with Gasteiger partial charge in [0.15, 0.2) is 5.13 Å². The summed E-state index contributed by atoms with van der Waals surface area (Å²) in [6, 6.07) is 4.93. The molecule has 1 unspecified atom stereocenters. The number of aromatic nitrogens is 1. The van der Waals surface area contributed by atoms with E-state index in [4.69, 9.17) is 0 Å². The molecule has 2 aromatic rings. The smallest absolute Gasteiger partial charge is 0.325 e. The second-order valence-corrected chi connectivity index (χ2v) is 5.76. The maximum absolute atomic E-state index is 12.8. The Labute approximate surface area is 137 Å². The average molecular weight is 336 g/mol. The van der Waals surface area contributed by atoms with Crippen molar-refractivity contribution >= 4 is 34.1 Å².